The molecule has 1 heterocycles. The van der Waals surface area contributed by atoms with E-state index in [1.807, 2.05) is 0 Å². The molecule has 0 bridgehead atoms. The van der Waals surface area contributed by atoms with Crippen LogP contribution in [0.2, 0.25) is 5.02 Å². The molecule has 0 saturated carbocycles. The van der Waals surface area contributed by atoms with Crippen molar-refractivity contribution in [3.05, 3.63) is 40.9 Å². The van der Waals surface area contributed by atoms with E-state index in [0.29, 0.717) is 18.5 Å². The van der Waals surface area contributed by atoms with Gasteiger partial charge in [-0.1, -0.05) is 38.4 Å². The molecule has 1 aromatic rings. The lowest BCUT2D eigenvalue weighted by molar-refractivity contribution is -0.142. The molecular weight excluding hydrogens is 516 g/mol. The SMILES string of the molecule is CCOC(=O)/C=C/[C@H](CC(=O)O)NC(=O)[C@H]1CCCN1C(=O)[C@@H](NC(=O)c1ccc(N)c(Cl)c1)C(C)(C)C. The number of nitrogens with one attached hydrogen (secondary N) is 2. The average Bonchev–Trinajstić information content (AvgIpc) is 3.31. The maximum Gasteiger partial charge on any atom is 0.330 e. The summed E-state index contributed by atoms with van der Waals surface area (Å²) in [4.78, 5) is 64.1. The number of rotatable bonds is 10. The molecule has 0 radical (unpaired) electrons. The van der Waals surface area contributed by atoms with Gasteiger partial charge in [0.25, 0.3) is 5.91 Å². The van der Waals surface area contributed by atoms with Gasteiger partial charge < -0.3 is 31.1 Å². The first-order chi connectivity index (χ1) is 17.7. The molecule has 12 heteroatoms. The van der Waals surface area contributed by atoms with Crippen LogP contribution in [-0.2, 0) is 23.9 Å². The summed E-state index contributed by atoms with van der Waals surface area (Å²) in [7, 11) is 0. The van der Waals surface area contributed by atoms with E-state index >= 15 is 0 Å². The summed E-state index contributed by atoms with van der Waals surface area (Å²) in [6, 6.07) is 1.57. The van der Waals surface area contributed by atoms with Gasteiger partial charge in [0.2, 0.25) is 11.8 Å². The van der Waals surface area contributed by atoms with E-state index in [1.54, 1.807) is 27.7 Å². The zero-order valence-electron chi connectivity index (χ0n) is 22.0. The van der Waals surface area contributed by atoms with Crippen LogP contribution in [0.3, 0.4) is 0 Å². The number of carboxylic acid groups (broad SMARTS) is 1. The molecule has 3 atom stereocenters. The number of hydrogen-bond donors (Lipinski definition) is 4. The Morgan fingerprint density at radius 2 is 1.92 bits per heavy atom. The molecule has 11 nitrogen and oxygen atoms in total. The van der Waals surface area contributed by atoms with E-state index in [4.69, 9.17) is 22.1 Å². The van der Waals surface area contributed by atoms with Gasteiger partial charge in [0.1, 0.15) is 12.1 Å². The van der Waals surface area contributed by atoms with Gasteiger partial charge in [-0.2, -0.15) is 0 Å². The van der Waals surface area contributed by atoms with Crippen LogP contribution < -0.4 is 16.4 Å². The van der Waals surface area contributed by atoms with Crippen LogP contribution in [0.15, 0.2) is 30.4 Å². The molecule has 1 aliphatic heterocycles. The number of carboxylic acids is 1. The number of esters is 1. The molecule has 38 heavy (non-hydrogen) atoms. The van der Waals surface area contributed by atoms with Gasteiger partial charge in [-0.15, -0.1) is 0 Å². The van der Waals surface area contributed by atoms with Crippen molar-refractivity contribution in [2.75, 3.05) is 18.9 Å². The molecule has 0 aromatic heterocycles. The van der Waals surface area contributed by atoms with Gasteiger partial charge in [-0.05, 0) is 43.4 Å². The highest BCUT2D eigenvalue weighted by Gasteiger charge is 2.42. The molecule has 0 unspecified atom stereocenters. The fourth-order valence-corrected chi connectivity index (χ4v) is 4.20. The number of nitrogens with two attached hydrogens (primary N) is 1. The fraction of sp³-hybridized carbons (Fsp3) is 0.500. The van der Waals surface area contributed by atoms with Crippen molar-refractivity contribution in [2.45, 2.75) is 65.1 Å². The Kier molecular flexibility index (Phi) is 10.7. The predicted molar refractivity (Wildman–Crippen MR) is 141 cm³/mol. The topological polar surface area (TPSA) is 168 Å². The summed E-state index contributed by atoms with van der Waals surface area (Å²) in [5.41, 5.74) is 5.56. The summed E-state index contributed by atoms with van der Waals surface area (Å²) >= 11 is 6.04. The van der Waals surface area contributed by atoms with Crippen LogP contribution in [0, 0.1) is 5.41 Å². The van der Waals surface area contributed by atoms with Crippen LogP contribution in [-0.4, -0.2) is 70.9 Å². The normalized spacial score (nSPS) is 17.1. The Morgan fingerprint density at radius 1 is 1.24 bits per heavy atom. The first-order valence-corrected chi connectivity index (χ1v) is 12.7. The van der Waals surface area contributed by atoms with E-state index in [9.17, 15) is 29.1 Å². The molecule has 1 aliphatic rings. The van der Waals surface area contributed by atoms with Gasteiger partial charge in [0.05, 0.1) is 29.8 Å². The highest BCUT2D eigenvalue weighted by atomic mass is 35.5. The van der Waals surface area contributed by atoms with Gasteiger partial charge in [0.15, 0.2) is 0 Å². The van der Waals surface area contributed by atoms with Gasteiger partial charge >= 0.3 is 11.9 Å². The molecule has 208 valence electrons. The standard InChI is InChI=1S/C26H35ClN4O7/c1-5-38-21(34)11-9-16(14-20(32)33)29-24(36)19-7-6-12-31(19)25(37)22(26(2,3)4)30-23(35)15-8-10-18(28)17(27)13-15/h8-11,13,16,19,22H,5-7,12,14,28H2,1-4H3,(H,29,36)(H,30,35)(H,32,33)/b11-9+/t16-,19-,22-/m1/s1. The Balaban J connectivity index is 2.21. The number of ether oxygens (including phenoxy) is 1. The van der Waals surface area contributed by atoms with Crippen LogP contribution in [0.25, 0.3) is 0 Å². The molecule has 1 saturated heterocycles. The first kappa shape index (κ1) is 30.6. The molecule has 0 spiro atoms. The molecule has 1 aromatic carbocycles. The van der Waals surface area contributed by atoms with Gasteiger partial charge in [-0.3, -0.25) is 19.2 Å². The number of amides is 3. The van der Waals surface area contributed by atoms with E-state index in [-0.39, 0.29) is 23.7 Å². The summed E-state index contributed by atoms with van der Waals surface area (Å²) in [6.07, 6.45) is 2.75. The Labute approximate surface area is 226 Å². The molecule has 5 N–H and O–H groups in total. The zero-order valence-corrected chi connectivity index (χ0v) is 22.7. The van der Waals surface area contributed by atoms with E-state index in [1.165, 1.54) is 29.2 Å². The van der Waals surface area contributed by atoms with Gasteiger partial charge in [-0.25, -0.2) is 4.79 Å². The monoisotopic (exact) mass is 550 g/mol. The fourth-order valence-electron chi connectivity index (χ4n) is 4.02. The Morgan fingerprint density at radius 3 is 2.50 bits per heavy atom. The van der Waals surface area contributed by atoms with Gasteiger partial charge in [0, 0.05) is 18.2 Å². The van der Waals surface area contributed by atoms with Crippen LogP contribution in [0.1, 0.15) is 57.3 Å². The van der Waals surface area contributed by atoms with Crippen molar-refractivity contribution in [3.63, 3.8) is 0 Å². The zero-order chi connectivity index (χ0) is 28.6. The lowest BCUT2D eigenvalue weighted by Crippen LogP contribution is -2.58. The van der Waals surface area contributed by atoms with Crippen molar-refractivity contribution < 1.29 is 33.8 Å². The number of nitrogen functional groups attached to an aromatic ring is 1. The lowest BCUT2D eigenvalue weighted by atomic mass is 9.85. The molecular formula is C26H35ClN4O7. The summed E-state index contributed by atoms with van der Waals surface area (Å²) in [5, 5.41) is 14.8. The molecule has 2 rings (SSSR count). The van der Waals surface area contributed by atoms with Crippen molar-refractivity contribution in [1.29, 1.82) is 0 Å². The number of likely N-dealkylation sites (tertiary alicyclic amines) is 1. The Bertz CT molecular complexity index is 1100. The van der Waals surface area contributed by atoms with Crippen LogP contribution in [0.4, 0.5) is 5.69 Å². The lowest BCUT2D eigenvalue weighted by Gasteiger charge is -2.35. The number of benzene rings is 1. The number of anilines is 1. The second-order valence-corrected chi connectivity index (χ2v) is 10.4. The highest BCUT2D eigenvalue weighted by molar-refractivity contribution is 6.33. The van der Waals surface area contributed by atoms with Crippen molar-refractivity contribution in [1.82, 2.24) is 15.5 Å². The van der Waals surface area contributed by atoms with Crippen LogP contribution >= 0.6 is 11.6 Å². The number of carbonyl (C=O) groups excluding carboxylic acids is 4. The second-order valence-electron chi connectivity index (χ2n) is 10.0. The number of nitrogens with zero attached hydrogens (tertiary/aromatic N) is 1. The maximum absolute atomic E-state index is 13.7. The average molecular weight is 551 g/mol. The minimum Gasteiger partial charge on any atom is -0.481 e. The number of aliphatic carboxylic acids is 1. The van der Waals surface area contributed by atoms with Crippen LogP contribution in [0.5, 0.6) is 0 Å². The second kappa shape index (κ2) is 13.3. The molecule has 3 amide bonds. The quantitative estimate of drug-likeness (QED) is 0.195. The number of hydrogen-bond acceptors (Lipinski definition) is 7. The predicted octanol–water partition coefficient (Wildman–Crippen LogP) is 2.14. The molecule has 0 aliphatic carbocycles. The van der Waals surface area contributed by atoms with Crippen molar-refractivity contribution in [2.24, 2.45) is 5.41 Å². The maximum atomic E-state index is 13.7. The third-order valence-electron chi connectivity index (χ3n) is 5.96. The first-order valence-electron chi connectivity index (χ1n) is 12.3. The van der Waals surface area contributed by atoms with Crippen molar-refractivity contribution in [3.8, 4) is 0 Å². The molecule has 1 fully saturated rings. The smallest absolute Gasteiger partial charge is 0.330 e. The minimum atomic E-state index is -1.18. The summed E-state index contributed by atoms with van der Waals surface area (Å²) in [5.74, 6) is -3.37. The minimum absolute atomic E-state index is 0.148. The largest absolute Gasteiger partial charge is 0.481 e. The highest BCUT2D eigenvalue weighted by Crippen LogP contribution is 2.27. The third-order valence-corrected chi connectivity index (χ3v) is 6.29. The third kappa shape index (κ3) is 8.47. The summed E-state index contributed by atoms with van der Waals surface area (Å²) < 4.78 is 4.80. The summed E-state index contributed by atoms with van der Waals surface area (Å²) in [6.45, 7) is 7.44. The van der Waals surface area contributed by atoms with E-state index in [0.717, 1.165) is 6.08 Å². The van der Waals surface area contributed by atoms with Crippen molar-refractivity contribution >= 4 is 46.9 Å². The van der Waals surface area contributed by atoms with E-state index in [2.05, 4.69) is 10.6 Å². The Hall–Kier alpha value is -3.60. The number of halogens is 1. The van der Waals surface area contributed by atoms with E-state index < -0.39 is 59.6 Å². The number of carbonyl (C=O) groups is 5.